The van der Waals surface area contributed by atoms with Crippen LogP contribution in [0.1, 0.15) is 40.3 Å². The molecule has 0 amide bonds. The zero-order valence-electron chi connectivity index (χ0n) is 16.2. The number of aliphatic hydroxyl groups is 3. The van der Waals surface area contributed by atoms with Crippen molar-refractivity contribution in [1.29, 1.82) is 0 Å². The molecular formula is C21H26O6S. The van der Waals surface area contributed by atoms with Crippen LogP contribution in [0.3, 0.4) is 0 Å². The number of methoxy groups -OCH3 is 1. The van der Waals surface area contributed by atoms with Gasteiger partial charge in [-0.3, -0.25) is 0 Å². The van der Waals surface area contributed by atoms with Crippen molar-refractivity contribution < 1.29 is 29.5 Å². The van der Waals surface area contributed by atoms with Crippen LogP contribution < -0.4 is 4.74 Å². The van der Waals surface area contributed by atoms with E-state index in [1.54, 1.807) is 25.4 Å². The topological polar surface area (TPSA) is 88.4 Å². The number of hydrogen-bond acceptors (Lipinski definition) is 7. The molecule has 0 bridgehead atoms. The molecule has 1 saturated heterocycles. The van der Waals surface area contributed by atoms with Crippen LogP contribution in [0.5, 0.6) is 5.75 Å². The lowest BCUT2D eigenvalue weighted by molar-refractivity contribution is -0.362. The molecule has 3 heterocycles. The third-order valence-corrected chi connectivity index (χ3v) is 6.89. The zero-order chi connectivity index (χ0) is 20.1. The average molecular weight is 406 g/mol. The minimum absolute atomic E-state index is 0.234. The van der Waals surface area contributed by atoms with Crippen molar-refractivity contribution in [2.45, 2.75) is 63.5 Å². The zero-order valence-corrected chi connectivity index (χ0v) is 17.0. The molecule has 2 aromatic rings. The maximum Gasteiger partial charge on any atom is 0.225 e. The summed E-state index contributed by atoms with van der Waals surface area (Å²) in [6.45, 7) is 4.03. The molecular weight excluding hydrogens is 380 g/mol. The van der Waals surface area contributed by atoms with Crippen molar-refractivity contribution in [3.8, 4) is 5.75 Å². The first kappa shape index (κ1) is 19.8. The van der Waals surface area contributed by atoms with Gasteiger partial charge in [0, 0.05) is 21.7 Å². The molecule has 1 aromatic carbocycles. The summed E-state index contributed by atoms with van der Waals surface area (Å²) in [5, 5.41) is 31.1. The van der Waals surface area contributed by atoms with Gasteiger partial charge >= 0.3 is 0 Å². The maximum atomic E-state index is 10.7. The van der Waals surface area contributed by atoms with Crippen molar-refractivity contribution in [1.82, 2.24) is 0 Å². The van der Waals surface area contributed by atoms with E-state index in [2.05, 4.69) is 19.1 Å². The van der Waals surface area contributed by atoms with Crippen molar-refractivity contribution in [2.75, 3.05) is 7.11 Å². The average Bonchev–Trinajstić information content (AvgIpc) is 3.29. The van der Waals surface area contributed by atoms with E-state index in [4.69, 9.17) is 14.2 Å². The predicted octanol–water partition coefficient (Wildman–Crippen LogP) is 2.09. The van der Waals surface area contributed by atoms with Gasteiger partial charge in [-0.1, -0.05) is 6.92 Å². The van der Waals surface area contributed by atoms with Crippen LogP contribution in [0, 0.1) is 0 Å². The maximum absolute atomic E-state index is 10.7. The molecule has 28 heavy (non-hydrogen) atoms. The van der Waals surface area contributed by atoms with Crippen LogP contribution >= 0.6 is 11.3 Å². The fourth-order valence-corrected chi connectivity index (χ4v) is 5.02. The first-order valence-corrected chi connectivity index (χ1v) is 10.3. The fourth-order valence-electron chi connectivity index (χ4n) is 4.04. The Hall–Kier alpha value is -1.48. The van der Waals surface area contributed by atoms with Crippen LogP contribution in [0.15, 0.2) is 24.3 Å². The lowest BCUT2D eigenvalue weighted by Gasteiger charge is -2.45. The van der Waals surface area contributed by atoms with Gasteiger partial charge in [0.2, 0.25) is 5.79 Å². The van der Waals surface area contributed by atoms with Crippen LogP contribution in [0.2, 0.25) is 0 Å². The largest absolute Gasteiger partial charge is 0.496 e. The van der Waals surface area contributed by atoms with E-state index in [1.807, 2.05) is 12.1 Å². The number of rotatable bonds is 4. The molecule has 1 spiro atoms. The second kappa shape index (κ2) is 7.40. The van der Waals surface area contributed by atoms with Gasteiger partial charge in [-0.25, -0.2) is 0 Å². The summed E-state index contributed by atoms with van der Waals surface area (Å²) in [7, 11) is 1.64. The lowest BCUT2D eigenvalue weighted by atomic mass is 9.86. The van der Waals surface area contributed by atoms with Gasteiger partial charge in [0.1, 0.15) is 24.1 Å². The van der Waals surface area contributed by atoms with Crippen molar-refractivity contribution in [3.05, 3.63) is 50.7 Å². The van der Waals surface area contributed by atoms with E-state index in [9.17, 15) is 15.3 Å². The summed E-state index contributed by atoms with van der Waals surface area (Å²) in [5.41, 5.74) is 2.48. The molecule has 2 aliphatic heterocycles. The SMILES string of the molecule is CCc1ccc(Cc2cc3c(cc2OC)CO[C@]32O[C@H](C)[C@@H](O)[C@H](O)[C@H]2O)s1. The van der Waals surface area contributed by atoms with Crippen LogP contribution in [-0.2, 0) is 34.7 Å². The molecule has 1 fully saturated rings. The summed E-state index contributed by atoms with van der Waals surface area (Å²) in [4.78, 5) is 2.55. The molecule has 152 valence electrons. The second-order valence-electron chi connectivity index (χ2n) is 7.42. The molecule has 7 heteroatoms. The highest BCUT2D eigenvalue weighted by atomic mass is 32.1. The van der Waals surface area contributed by atoms with E-state index in [0.29, 0.717) is 12.0 Å². The van der Waals surface area contributed by atoms with E-state index in [-0.39, 0.29) is 6.61 Å². The molecule has 3 N–H and O–H groups in total. The summed E-state index contributed by atoms with van der Waals surface area (Å²) in [6.07, 6.45) is -2.92. The minimum Gasteiger partial charge on any atom is -0.496 e. The quantitative estimate of drug-likeness (QED) is 0.721. The van der Waals surface area contributed by atoms with E-state index >= 15 is 0 Å². The summed E-state index contributed by atoms with van der Waals surface area (Å²) in [5.74, 6) is -0.733. The first-order chi connectivity index (χ1) is 13.4. The van der Waals surface area contributed by atoms with Gasteiger partial charge in [0.15, 0.2) is 0 Å². The highest BCUT2D eigenvalue weighted by molar-refractivity contribution is 7.12. The molecule has 6 nitrogen and oxygen atoms in total. The monoisotopic (exact) mass is 406 g/mol. The van der Waals surface area contributed by atoms with Gasteiger partial charge in [-0.05, 0) is 48.7 Å². The number of fused-ring (bicyclic) bond motifs is 2. The third-order valence-electron chi connectivity index (χ3n) is 5.66. The molecule has 2 aliphatic rings. The number of aliphatic hydroxyl groups excluding tert-OH is 3. The number of hydrogen-bond donors (Lipinski definition) is 3. The van der Waals surface area contributed by atoms with Gasteiger partial charge < -0.3 is 29.5 Å². The highest BCUT2D eigenvalue weighted by Gasteiger charge is 2.57. The first-order valence-electron chi connectivity index (χ1n) is 9.53. The second-order valence-corrected chi connectivity index (χ2v) is 8.68. The van der Waals surface area contributed by atoms with Crippen molar-refractivity contribution in [3.63, 3.8) is 0 Å². The lowest BCUT2D eigenvalue weighted by Crippen LogP contribution is -2.62. The molecule has 5 atom stereocenters. The van der Waals surface area contributed by atoms with Gasteiger partial charge in [0.05, 0.1) is 19.8 Å². The Morgan fingerprint density at radius 3 is 2.61 bits per heavy atom. The van der Waals surface area contributed by atoms with Gasteiger partial charge in [-0.2, -0.15) is 0 Å². The number of aryl methyl sites for hydroxylation is 1. The summed E-state index contributed by atoms with van der Waals surface area (Å²) >= 11 is 1.77. The molecule has 0 unspecified atom stereocenters. The van der Waals surface area contributed by atoms with Crippen LogP contribution in [0.4, 0.5) is 0 Å². The standard InChI is InChI=1S/C21H26O6S/c1-4-14-5-6-15(28-14)7-12-8-16-13(9-17(12)25-3)10-26-21(16)20(24)19(23)18(22)11(2)27-21/h5-6,8-9,11,18-20,22-24H,4,7,10H2,1-3H3/t11-,18-,19+,20-,21+/m1/s1. The van der Waals surface area contributed by atoms with Crippen molar-refractivity contribution >= 4 is 11.3 Å². The van der Waals surface area contributed by atoms with Crippen LogP contribution in [0.25, 0.3) is 0 Å². The number of ether oxygens (including phenoxy) is 3. The molecule has 0 radical (unpaired) electrons. The highest BCUT2D eigenvalue weighted by Crippen LogP contribution is 2.47. The van der Waals surface area contributed by atoms with E-state index < -0.39 is 30.2 Å². The van der Waals surface area contributed by atoms with Crippen LogP contribution in [-0.4, -0.2) is 46.8 Å². The Labute approximate surface area is 168 Å². The van der Waals surface area contributed by atoms with Crippen molar-refractivity contribution in [2.24, 2.45) is 0 Å². The number of benzene rings is 1. The summed E-state index contributed by atoms with van der Waals surface area (Å²) < 4.78 is 17.4. The fraction of sp³-hybridized carbons (Fsp3) is 0.524. The Morgan fingerprint density at radius 2 is 1.93 bits per heavy atom. The molecule has 0 aliphatic carbocycles. The minimum atomic E-state index is -1.49. The predicted molar refractivity (Wildman–Crippen MR) is 105 cm³/mol. The Morgan fingerprint density at radius 1 is 1.18 bits per heavy atom. The van der Waals surface area contributed by atoms with E-state index in [1.165, 1.54) is 9.75 Å². The summed E-state index contributed by atoms with van der Waals surface area (Å²) in [6, 6.07) is 8.10. The van der Waals surface area contributed by atoms with E-state index in [0.717, 1.165) is 23.3 Å². The Bertz CT molecular complexity index is 865. The third kappa shape index (κ3) is 3.07. The van der Waals surface area contributed by atoms with Gasteiger partial charge in [-0.15, -0.1) is 11.3 Å². The number of thiophene rings is 1. The molecule has 4 rings (SSSR count). The smallest absolute Gasteiger partial charge is 0.225 e. The van der Waals surface area contributed by atoms with Gasteiger partial charge in [0.25, 0.3) is 0 Å². The molecule has 0 saturated carbocycles. The Balaban J connectivity index is 1.75. The Kier molecular flexibility index (Phi) is 5.24. The molecule has 1 aromatic heterocycles. The normalized spacial score (nSPS) is 31.9.